The van der Waals surface area contributed by atoms with Gasteiger partial charge in [0.25, 0.3) is 0 Å². The molecule has 1 saturated carbocycles. The van der Waals surface area contributed by atoms with E-state index < -0.39 is 0 Å². The van der Waals surface area contributed by atoms with Crippen LogP contribution >= 0.6 is 22.9 Å². The Hall–Kier alpha value is -0.120. The summed E-state index contributed by atoms with van der Waals surface area (Å²) >= 11 is 7.43. The van der Waals surface area contributed by atoms with E-state index in [2.05, 4.69) is 18.8 Å². The summed E-state index contributed by atoms with van der Waals surface area (Å²) in [6, 6.07) is 0. The summed E-state index contributed by atoms with van der Waals surface area (Å²) in [5.41, 5.74) is 0.983. The van der Waals surface area contributed by atoms with Gasteiger partial charge in [0.05, 0.1) is 29.3 Å². The third-order valence-electron chi connectivity index (χ3n) is 3.54. The number of ether oxygens (including phenoxy) is 1. The van der Waals surface area contributed by atoms with Gasteiger partial charge in [-0.15, -0.1) is 22.9 Å². The van der Waals surface area contributed by atoms with Crippen LogP contribution in [0.4, 0.5) is 0 Å². The zero-order chi connectivity index (χ0) is 13.0. The third-order valence-corrected chi connectivity index (χ3v) is 4.77. The molecule has 0 saturated heterocycles. The van der Waals surface area contributed by atoms with Gasteiger partial charge in [-0.25, -0.2) is 4.98 Å². The average molecular weight is 288 g/mol. The fraction of sp³-hybridized carbons (Fsp3) is 0.786. The van der Waals surface area contributed by atoms with E-state index in [0.717, 1.165) is 35.6 Å². The normalized spacial score (nSPS) is 28.5. The highest BCUT2D eigenvalue weighted by atomic mass is 35.5. The molecule has 1 fully saturated rings. The van der Waals surface area contributed by atoms with Crippen molar-refractivity contribution in [2.24, 2.45) is 11.8 Å². The maximum absolute atomic E-state index is 6.00. The van der Waals surface area contributed by atoms with Crippen molar-refractivity contribution in [2.45, 2.75) is 51.5 Å². The zero-order valence-electron chi connectivity index (χ0n) is 11.2. The number of rotatable bonds is 5. The number of hydrogen-bond acceptors (Lipinski definition) is 3. The van der Waals surface area contributed by atoms with Gasteiger partial charge >= 0.3 is 0 Å². The first kappa shape index (κ1) is 14.3. The Kier molecular flexibility index (Phi) is 5.46. The number of nitrogens with zero attached hydrogens (tertiary/aromatic N) is 1. The molecular formula is C14H22ClNOS. The smallest absolute Gasteiger partial charge is 0.0951 e. The van der Waals surface area contributed by atoms with Crippen molar-refractivity contribution < 1.29 is 4.74 Å². The van der Waals surface area contributed by atoms with Gasteiger partial charge in [-0.1, -0.05) is 13.8 Å². The van der Waals surface area contributed by atoms with Crippen LogP contribution in [0.25, 0.3) is 0 Å². The topological polar surface area (TPSA) is 22.1 Å². The fourth-order valence-electron chi connectivity index (χ4n) is 2.85. The summed E-state index contributed by atoms with van der Waals surface area (Å²) in [7, 11) is 0. The maximum Gasteiger partial charge on any atom is 0.0951 e. The largest absolute Gasteiger partial charge is 0.378 e. The quantitative estimate of drug-likeness (QED) is 0.755. The molecule has 0 radical (unpaired) electrons. The van der Waals surface area contributed by atoms with Crippen molar-refractivity contribution in [3.63, 3.8) is 0 Å². The zero-order valence-corrected chi connectivity index (χ0v) is 12.8. The van der Waals surface area contributed by atoms with Crippen LogP contribution in [0.15, 0.2) is 5.38 Å². The Morgan fingerprint density at radius 1 is 1.33 bits per heavy atom. The van der Waals surface area contributed by atoms with Crippen molar-refractivity contribution in [2.75, 3.05) is 6.61 Å². The summed E-state index contributed by atoms with van der Waals surface area (Å²) in [5.74, 6) is 2.12. The van der Waals surface area contributed by atoms with Crippen molar-refractivity contribution in [1.29, 1.82) is 0 Å². The molecule has 0 aromatic carbocycles. The average Bonchev–Trinajstić information content (AvgIpc) is 2.76. The molecule has 0 spiro atoms. The van der Waals surface area contributed by atoms with Gasteiger partial charge in [0.2, 0.25) is 0 Å². The van der Waals surface area contributed by atoms with E-state index in [0.29, 0.717) is 12.0 Å². The Morgan fingerprint density at radius 3 is 2.67 bits per heavy atom. The van der Waals surface area contributed by atoms with Crippen LogP contribution in [0.1, 0.15) is 43.8 Å². The number of thiazole rings is 1. The minimum absolute atomic E-state index is 0.455. The van der Waals surface area contributed by atoms with Crippen LogP contribution in [0.5, 0.6) is 0 Å². The van der Waals surface area contributed by atoms with Crippen molar-refractivity contribution in [3.8, 4) is 0 Å². The second-order valence-corrected chi connectivity index (χ2v) is 6.74. The number of aromatic nitrogens is 1. The van der Waals surface area contributed by atoms with Crippen LogP contribution in [0.3, 0.4) is 0 Å². The highest BCUT2D eigenvalue weighted by Gasteiger charge is 2.24. The molecule has 1 aromatic heterocycles. The lowest BCUT2D eigenvalue weighted by Crippen LogP contribution is -2.26. The molecule has 0 amide bonds. The first-order valence-electron chi connectivity index (χ1n) is 6.78. The van der Waals surface area contributed by atoms with Crippen LogP contribution in [0, 0.1) is 11.8 Å². The van der Waals surface area contributed by atoms with Crippen LogP contribution in [-0.2, 0) is 17.0 Å². The van der Waals surface area contributed by atoms with E-state index in [-0.39, 0.29) is 0 Å². The molecule has 1 aliphatic carbocycles. The summed E-state index contributed by atoms with van der Waals surface area (Å²) in [6.07, 6.45) is 5.16. The van der Waals surface area contributed by atoms with Crippen LogP contribution in [0.2, 0.25) is 0 Å². The maximum atomic E-state index is 6.00. The minimum atomic E-state index is 0.455. The van der Waals surface area contributed by atoms with E-state index in [4.69, 9.17) is 16.3 Å². The first-order valence-corrected chi connectivity index (χ1v) is 8.19. The molecular weight excluding hydrogens is 266 g/mol. The third kappa shape index (κ3) is 4.22. The van der Waals surface area contributed by atoms with Gasteiger partial charge in [-0.05, 0) is 31.1 Å². The van der Waals surface area contributed by atoms with Gasteiger partial charge < -0.3 is 4.74 Å². The van der Waals surface area contributed by atoms with Gasteiger partial charge in [0, 0.05) is 11.8 Å². The number of alkyl halides is 1. The highest BCUT2D eigenvalue weighted by molar-refractivity contribution is 7.09. The van der Waals surface area contributed by atoms with E-state index in [9.17, 15) is 0 Å². The van der Waals surface area contributed by atoms with Gasteiger partial charge in [-0.2, -0.15) is 0 Å². The van der Waals surface area contributed by atoms with Crippen LogP contribution in [-0.4, -0.2) is 17.7 Å². The van der Waals surface area contributed by atoms with Crippen molar-refractivity contribution in [1.82, 2.24) is 4.98 Å². The van der Waals surface area contributed by atoms with Crippen molar-refractivity contribution in [3.05, 3.63) is 16.1 Å². The molecule has 2 rings (SSSR count). The SMILES string of the molecule is CC1CC(C)CC(OCCc2nc(CCl)cs2)C1. The molecule has 4 heteroatoms. The summed E-state index contributed by atoms with van der Waals surface area (Å²) in [6.45, 7) is 5.46. The van der Waals surface area contributed by atoms with Gasteiger partial charge in [0.15, 0.2) is 0 Å². The van der Waals surface area contributed by atoms with E-state index >= 15 is 0 Å². The predicted molar refractivity (Wildman–Crippen MR) is 77.3 cm³/mol. The molecule has 0 bridgehead atoms. The molecule has 0 N–H and O–H groups in total. The molecule has 2 atom stereocenters. The Bertz CT molecular complexity index is 358. The molecule has 1 aliphatic rings. The molecule has 0 aliphatic heterocycles. The van der Waals surface area contributed by atoms with E-state index in [1.165, 1.54) is 19.3 Å². The van der Waals surface area contributed by atoms with E-state index in [1.54, 1.807) is 11.3 Å². The molecule has 1 heterocycles. The Labute approximate surface area is 119 Å². The van der Waals surface area contributed by atoms with E-state index in [1.807, 2.05) is 5.38 Å². The summed E-state index contributed by atoms with van der Waals surface area (Å²) < 4.78 is 6.00. The number of hydrogen-bond donors (Lipinski definition) is 0. The Morgan fingerprint density at radius 2 is 2.06 bits per heavy atom. The second kappa shape index (κ2) is 6.88. The molecule has 18 heavy (non-hydrogen) atoms. The molecule has 2 nitrogen and oxygen atoms in total. The fourth-order valence-corrected chi connectivity index (χ4v) is 3.85. The molecule has 1 aromatic rings. The van der Waals surface area contributed by atoms with Crippen molar-refractivity contribution >= 4 is 22.9 Å². The second-order valence-electron chi connectivity index (χ2n) is 5.53. The van der Waals surface area contributed by atoms with Gasteiger partial charge in [0.1, 0.15) is 0 Å². The predicted octanol–water partition coefficient (Wildman–Crippen LogP) is 4.27. The summed E-state index contributed by atoms with van der Waals surface area (Å²) in [5, 5.41) is 3.18. The highest BCUT2D eigenvalue weighted by Crippen LogP contribution is 2.30. The van der Waals surface area contributed by atoms with Gasteiger partial charge in [-0.3, -0.25) is 0 Å². The Balaban J connectivity index is 1.71. The minimum Gasteiger partial charge on any atom is -0.378 e. The monoisotopic (exact) mass is 287 g/mol. The van der Waals surface area contributed by atoms with Crippen LogP contribution < -0.4 is 0 Å². The lowest BCUT2D eigenvalue weighted by Gasteiger charge is -2.31. The first-order chi connectivity index (χ1) is 8.67. The lowest BCUT2D eigenvalue weighted by atomic mass is 9.82. The summed E-state index contributed by atoms with van der Waals surface area (Å²) in [4.78, 5) is 4.45. The molecule has 2 unspecified atom stereocenters. The molecule has 102 valence electrons. The number of halogens is 1. The lowest BCUT2D eigenvalue weighted by molar-refractivity contribution is 0.00255. The standard InChI is InChI=1S/C14H22ClNOS/c1-10-5-11(2)7-13(6-10)17-4-3-14-16-12(8-15)9-18-14/h9-11,13H,3-8H2,1-2H3.